The third-order valence-electron chi connectivity index (χ3n) is 3.10. The van der Waals surface area contributed by atoms with Gasteiger partial charge in [-0.1, -0.05) is 5.16 Å². The molecule has 7 heteroatoms. The normalized spacial score (nSPS) is 10.3. The minimum atomic E-state index is -0.231. The number of nitrogens with one attached hydrogen (secondary N) is 2. The predicted octanol–water partition coefficient (Wildman–Crippen LogP) is 2.45. The molecular weight excluding hydrogens is 294 g/mol. The second-order valence-electron chi connectivity index (χ2n) is 4.92. The zero-order valence-corrected chi connectivity index (χ0v) is 12.5. The summed E-state index contributed by atoms with van der Waals surface area (Å²) < 4.78 is 4.97. The first-order chi connectivity index (χ1) is 11.2. The van der Waals surface area contributed by atoms with Crippen LogP contribution in [0.4, 0.5) is 11.5 Å². The van der Waals surface area contributed by atoms with Crippen LogP contribution >= 0.6 is 0 Å². The summed E-state index contributed by atoms with van der Waals surface area (Å²) in [5.74, 6) is 1.08. The van der Waals surface area contributed by atoms with Gasteiger partial charge in [0, 0.05) is 25.0 Å². The van der Waals surface area contributed by atoms with Crippen LogP contribution in [0.2, 0.25) is 0 Å². The predicted molar refractivity (Wildman–Crippen MR) is 84.2 cm³/mol. The number of anilines is 2. The number of nitrogens with zero attached hydrogens (tertiary/aromatic N) is 3. The fourth-order valence-electron chi connectivity index (χ4n) is 1.95. The van der Waals surface area contributed by atoms with Gasteiger partial charge in [-0.2, -0.15) is 0 Å². The van der Waals surface area contributed by atoms with Crippen LogP contribution in [0.5, 0.6) is 0 Å². The minimum Gasteiger partial charge on any atom is -0.360 e. The largest absolute Gasteiger partial charge is 0.360 e. The molecule has 0 atom stereocenters. The third kappa shape index (κ3) is 3.91. The standard InChI is InChI=1S/C16H15N5O2/c1-11-8-15(21-23-11)20-13-2-3-14(18-10-13)16(22)19-9-12-4-6-17-7-5-12/h2-8,10H,9H2,1H3,(H,19,22)(H,20,21). The van der Waals surface area contributed by atoms with Gasteiger partial charge >= 0.3 is 0 Å². The number of carbonyl (C=O) groups is 1. The van der Waals surface area contributed by atoms with E-state index in [1.807, 2.05) is 19.1 Å². The van der Waals surface area contributed by atoms with Crippen LogP contribution in [0.1, 0.15) is 21.8 Å². The lowest BCUT2D eigenvalue weighted by atomic mass is 10.2. The van der Waals surface area contributed by atoms with Crippen molar-refractivity contribution >= 4 is 17.4 Å². The van der Waals surface area contributed by atoms with Gasteiger partial charge in [0.05, 0.1) is 11.9 Å². The van der Waals surface area contributed by atoms with Crippen molar-refractivity contribution < 1.29 is 9.32 Å². The number of hydrogen-bond acceptors (Lipinski definition) is 6. The first-order valence-corrected chi connectivity index (χ1v) is 7.04. The average Bonchev–Trinajstić information content (AvgIpc) is 2.99. The number of rotatable bonds is 5. The number of hydrogen-bond donors (Lipinski definition) is 2. The van der Waals surface area contributed by atoms with E-state index >= 15 is 0 Å². The van der Waals surface area contributed by atoms with E-state index in [2.05, 4.69) is 25.8 Å². The molecule has 23 heavy (non-hydrogen) atoms. The van der Waals surface area contributed by atoms with E-state index in [1.54, 1.807) is 36.8 Å². The fraction of sp³-hybridized carbons (Fsp3) is 0.125. The van der Waals surface area contributed by atoms with Gasteiger partial charge in [0.1, 0.15) is 11.5 Å². The molecule has 0 saturated carbocycles. The van der Waals surface area contributed by atoms with Crippen molar-refractivity contribution in [3.8, 4) is 0 Å². The highest BCUT2D eigenvalue weighted by molar-refractivity contribution is 5.92. The molecule has 0 radical (unpaired) electrons. The molecule has 3 rings (SSSR count). The SMILES string of the molecule is Cc1cc(Nc2ccc(C(=O)NCc3ccncc3)nc2)no1. The molecule has 3 aromatic rings. The summed E-state index contributed by atoms with van der Waals surface area (Å²) in [6, 6.07) is 8.88. The highest BCUT2D eigenvalue weighted by Gasteiger charge is 2.07. The van der Waals surface area contributed by atoms with Crippen molar-refractivity contribution in [1.82, 2.24) is 20.4 Å². The summed E-state index contributed by atoms with van der Waals surface area (Å²) in [6.07, 6.45) is 4.95. The van der Waals surface area contributed by atoms with Crippen LogP contribution in [0.15, 0.2) is 53.4 Å². The smallest absolute Gasteiger partial charge is 0.270 e. The Kier molecular flexibility index (Phi) is 4.28. The van der Waals surface area contributed by atoms with Gasteiger partial charge in [0.15, 0.2) is 5.82 Å². The number of aromatic nitrogens is 3. The van der Waals surface area contributed by atoms with Crippen LogP contribution in [-0.4, -0.2) is 21.0 Å². The summed E-state index contributed by atoms with van der Waals surface area (Å²) in [7, 11) is 0. The third-order valence-corrected chi connectivity index (χ3v) is 3.10. The molecule has 0 spiro atoms. The molecular formula is C16H15N5O2. The van der Waals surface area contributed by atoms with Crippen LogP contribution < -0.4 is 10.6 Å². The molecule has 3 aromatic heterocycles. The van der Waals surface area contributed by atoms with Crippen LogP contribution in [-0.2, 0) is 6.54 Å². The Morgan fingerprint density at radius 1 is 1.22 bits per heavy atom. The quantitative estimate of drug-likeness (QED) is 0.752. The van der Waals surface area contributed by atoms with Gasteiger partial charge in [0.25, 0.3) is 5.91 Å². The molecule has 0 aliphatic rings. The van der Waals surface area contributed by atoms with E-state index in [1.165, 1.54) is 0 Å². The maximum Gasteiger partial charge on any atom is 0.270 e. The molecule has 116 valence electrons. The van der Waals surface area contributed by atoms with Gasteiger partial charge in [0.2, 0.25) is 0 Å². The van der Waals surface area contributed by atoms with Crippen molar-refractivity contribution in [3.05, 3.63) is 65.9 Å². The molecule has 0 saturated heterocycles. The molecule has 7 nitrogen and oxygen atoms in total. The molecule has 0 fully saturated rings. The maximum atomic E-state index is 12.1. The van der Waals surface area contributed by atoms with Gasteiger partial charge < -0.3 is 15.2 Å². The molecule has 0 aliphatic carbocycles. The summed E-state index contributed by atoms with van der Waals surface area (Å²) in [5, 5.41) is 9.69. The van der Waals surface area contributed by atoms with E-state index in [9.17, 15) is 4.79 Å². The minimum absolute atomic E-state index is 0.231. The Hall–Kier alpha value is -3.22. The Morgan fingerprint density at radius 2 is 2.04 bits per heavy atom. The highest BCUT2D eigenvalue weighted by Crippen LogP contribution is 2.15. The lowest BCUT2D eigenvalue weighted by Gasteiger charge is -2.06. The lowest BCUT2D eigenvalue weighted by molar-refractivity contribution is 0.0946. The van der Waals surface area contributed by atoms with Gasteiger partial charge in [-0.3, -0.25) is 9.78 Å². The number of aryl methyl sites for hydroxylation is 1. The Morgan fingerprint density at radius 3 is 2.70 bits per heavy atom. The van der Waals surface area contributed by atoms with Crippen molar-refractivity contribution in [1.29, 1.82) is 0 Å². The molecule has 1 amide bonds. The maximum absolute atomic E-state index is 12.1. The average molecular weight is 309 g/mol. The van der Waals surface area contributed by atoms with Crippen molar-refractivity contribution in [2.24, 2.45) is 0 Å². The Bertz CT molecular complexity index is 784. The summed E-state index contributed by atoms with van der Waals surface area (Å²) in [5.41, 5.74) is 2.05. The zero-order valence-electron chi connectivity index (χ0n) is 12.5. The van der Waals surface area contributed by atoms with Gasteiger partial charge in [-0.05, 0) is 36.8 Å². The van der Waals surface area contributed by atoms with Crippen LogP contribution in [0.3, 0.4) is 0 Å². The number of pyridine rings is 2. The van der Waals surface area contributed by atoms with Crippen LogP contribution in [0, 0.1) is 6.92 Å². The molecule has 0 bridgehead atoms. The first-order valence-electron chi connectivity index (χ1n) is 7.04. The second kappa shape index (κ2) is 6.69. The van der Waals surface area contributed by atoms with E-state index in [-0.39, 0.29) is 5.91 Å². The second-order valence-corrected chi connectivity index (χ2v) is 4.92. The topological polar surface area (TPSA) is 92.9 Å². The Labute approximate surface area is 132 Å². The fourth-order valence-corrected chi connectivity index (χ4v) is 1.95. The Balaban J connectivity index is 1.59. The molecule has 0 unspecified atom stereocenters. The van der Waals surface area contributed by atoms with Crippen molar-refractivity contribution in [2.45, 2.75) is 13.5 Å². The highest BCUT2D eigenvalue weighted by atomic mass is 16.5. The molecule has 0 aromatic carbocycles. The van der Waals surface area contributed by atoms with E-state index in [4.69, 9.17) is 4.52 Å². The van der Waals surface area contributed by atoms with Gasteiger partial charge in [-0.15, -0.1) is 0 Å². The van der Waals surface area contributed by atoms with Crippen molar-refractivity contribution in [3.63, 3.8) is 0 Å². The summed E-state index contributed by atoms with van der Waals surface area (Å²) in [6.45, 7) is 2.24. The summed E-state index contributed by atoms with van der Waals surface area (Å²) >= 11 is 0. The lowest BCUT2D eigenvalue weighted by Crippen LogP contribution is -2.23. The van der Waals surface area contributed by atoms with Crippen LogP contribution in [0.25, 0.3) is 0 Å². The summed E-state index contributed by atoms with van der Waals surface area (Å²) in [4.78, 5) is 20.1. The van der Waals surface area contributed by atoms with E-state index < -0.39 is 0 Å². The van der Waals surface area contributed by atoms with E-state index in [0.29, 0.717) is 23.8 Å². The first kappa shape index (κ1) is 14.7. The molecule has 0 aliphatic heterocycles. The monoisotopic (exact) mass is 309 g/mol. The molecule has 3 heterocycles. The number of amides is 1. The van der Waals surface area contributed by atoms with Crippen molar-refractivity contribution in [2.75, 3.05) is 5.32 Å². The molecule has 2 N–H and O–H groups in total. The van der Waals surface area contributed by atoms with Gasteiger partial charge in [-0.25, -0.2) is 4.98 Å². The number of carbonyl (C=O) groups excluding carboxylic acids is 1. The van der Waals surface area contributed by atoms with E-state index in [0.717, 1.165) is 11.3 Å². The zero-order chi connectivity index (χ0) is 16.1.